The van der Waals surface area contributed by atoms with E-state index in [2.05, 4.69) is 23.3 Å². The van der Waals surface area contributed by atoms with Gasteiger partial charge < -0.3 is 9.88 Å². The maximum atomic E-state index is 8.43. The zero-order valence-corrected chi connectivity index (χ0v) is 7.82. The highest BCUT2D eigenvalue weighted by Gasteiger charge is 1.96. The predicted molar refractivity (Wildman–Crippen MR) is 50.1 cm³/mol. The first-order valence-corrected chi connectivity index (χ1v) is 4.45. The molecular weight excluding hydrogens is 164 g/mol. The Labute approximate surface area is 78.2 Å². The molecule has 4 nitrogen and oxygen atoms in total. The average molecular weight is 178 g/mol. The monoisotopic (exact) mass is 178 g/mol. The van der Waals surface area contributed by atoms with Crippen molar-refractivity contribution < 1.29 is 0 Å². The molecule has 13 heavy (non-hydrogen) atoms. The van der Waals surface area contributed by atoms with Crippen molar-refractivity contribution in [2.75, 3.05) is 13.1 Å². The average Bonchev–Trinajstić information content (AvgIpc) is 2.54. The lowest BCUT2D eigenvalue weighted by Gasteiger charge is -1.97. The fourth-order valence-electron chi connectivity index (χ4n) is 1.10. The van der Waals surface area contributed by atoms with Gasteiger partial charge in [-0.05, 0) is 6.54 Å². The molecule has 0 radical (unpaired) electrons. The van der Waals surface area contributed by atoms with Gasteiger partial charge in [0.15, 0.2) is 0 Å². The number of hydrogen-bond donors (Lipinski definition) is 1. The third kappa shape index (κ3) is 3.26. The van der Waals surface area contributed by atoms with Gasteiger partial charge in [-0.1, -0.05) is 6.92 Å². The van der Waals surface area contributed by atoms with Crippen molar-refractivity contribution in [2.24, 2.45) is 0 Å². The second-order valence-electron chi connectivity index (χ2n) is 2.80. The minimum Gasteiger partial charge on any atom is -0.323 e. The maximum Gasteiger partial charge on any atom is 0.111 e. The molecule has 0 amide bonds. The second-order valence-corrected chi connectivity index (χ2v) is 2.80. The van der Waals surface area contributed by atoms with E-state index in [1.807, 2.05) is 6.20 Å². The van der Waals surface area contributed by atoms with Gasteiger partial charge in [0.05, 0.1) is 18.1 Å². The van der Waals surface area contributed by atoms with E-state index in [9.17, 15) is 0 Å². The molecule has 1 rings (SSSR count). The Bertz CT molecular complexity index is 284. The van der Waals surface area contributed by atoms with Crippen molar-refractivity contribution in [3.05, 3.63) is 18.2 Å². The molecule has 0 saturated carbocycles. The zero-order chi connectivity index (χ0) is 9.52. The van der Waals surface area contributed by atoms with Gasteiger partial charge >= 0.3 is 0 Å². The van der Waals surface area contributed by atoms with Crippen LogP contribution < -0.4 is 5.32 Å². The van der Waals surface area contributed by atoms with Crippen LogP contribution in [0.2, 0.25) is 0 Å². The van der Waals surface area contributed by atoms with Crippen LogP contribution in [-0.2, 0) is 13.0 Å². The van der Waals surface area contributed by atoms with Crippen molar-refractivity contribution >= 4 is 0 Å². The molecular formula is C9H14N4. The topological polar surface area (TPSA) is 53.6 Å². The highest BCUT2D eigenvalue weighted by Crippen LogP contribution is 1.95. The number of hydrogen-bond acceptors (Lipinski definition) is 3. The molecule has 0 aliphatic heterocycles. The highest BCUT2D eigenvalue weighted by molar-refractivity contribution is 4.98. The number of nitriles is 1. The van der Waals surface area contributed by atoms with Crippen LogP contribution in [-0.4, -0.2) is 22.6 Å². The number of nitrogens with zero attached hydrogens (tertiary/aromatic N) is 3. The lowest BCUT2D eigenvalue weighted by atomic mass is 10.3. The molecule has 0 aliphatic rings. The molecule has 1 aromatic rings. The van der Waals surface area contributed by atoms with Crippen molar-refractivity contribution in [1.82, 2.24) is 14.9 Å². The Morgan fingerprint density at radius 1 is 1.69 bits per heavy atom. The predicted octanol–water partition coefficient (Wildman–Crippen LogP) is 0.559. The number of aromatic nitrogens is 2. The summed E-state index contributed by atoms with van der Waals surface area (Å²) in [7, 11) is 0. The molecule has 0 spiro atoms. The Hall–Kier alpha value is -1.34. The van der Waals surface area contributed by atoms with Gasteiger partial charge in [-0.2, -0.15) is 5.26 Å². The van der Waals surface area contributed by atoms with E-state index in [0.717, 1.165) is 25.2 Å². The third-order valence-electron chi connectivity index (χ3n) is 1.75. The highest BCUT2D eigenvalue weighted by atomic mass is 15.0. The lowest BCUT2D eigenvalue weighted by molar-refractivity contribution is 0.709. The fraction of sp³-hybridized carbons (Fsp3) is 0.556. The van der Waals surface area contributed by atoms with Crippen LogP contribution in [0.1, 0.15) is 12.6 Å². The first kappa shape index (κ1) is 9.75. The van der Waals surface area contributed by atoms with Gasteiger partial charge in [0.25, 0.3) is 0 Å². The van der Waals surface area contributed by atoms with Gasteiger partial charge in [0.2, 0.25) is 0 Å². The van der Waals surface area contributed by atoms with Crippen LogP contribution in [0.5, 0.6) is 0 Å². The standard InChI is InChI=1S/C9H14N4/c1-2-11-5-3-9-7-13(6-4-10)8-12-9/h7-8,11H,2-3,5-6H2,1H3. The zero-order valence-electron chi connectivity index (χ0n) is 7.82. The molecule has 0 saturated heterocycles. The number of likely N-dealkylation sites (N-methyl/N-ethyl adjacent to an activating group) is 1. The van der Waals surface area contributed by atoms with Gasteiger partial charge in [0, 0.05) is 19.2 Å². The van der Waals surface area contributed by atoms with Crippen LogP contribution >= 0.6 is 0 Å². The van der Waals surface area contributed by atoms with E-state index in [1.54, 1.807) is 10.9 Å². The summed E-state index contributed by atoms with van der Waals surface area (Å²) in [6, 6.07) is 2.07. The molecule has 1 aromatic heterocycles. The van der Waals surface area contributed by atoms with Crippen LogP contribution in [0.25, 0.3) is 0 Å². The van der Waals surface area contributed by atoms with E-state index in [0.29, 0.717) is 6.54 Å². The van der Waals surface area contributed by atoms with Crippen molar-refractivity contribution in [3.8, 4) is 6.07 Å². The molecule has 4 heteroatoms. The summed E-state index contributed by atoms with van der Waals surface area (Å²) < 4.78 is 1.79. The summed E-state index contributed by atoms with van der Waals surface area (Å²) >= 11 is 0. The van der Waals surface area contributed by atoms with Crippen molar-refractivity contribution in [1.29, 1.82) is 5.26 Å². The summed E-state index contributed by atoms with van der Waals surface area (Å²) in [5.41, 5.74) is 1.04. The molecule has 0 fully saturated rings. The largest absolute Gasteiger partial charge is 0.323 e. The minimum atomic E-state index is 0.383. The van der Waals surface area contributed by atoms with E-state index in [-0.39, 0.29) is 0 Å². The second kappa shape index (κ2) is 5.33. The Kier molecular flexibility index (Phi) is 4.00. The lowest BCUT2D eigenvalue weighted by Crippen LogP contribution is -2.16. The van der Waals surface area contributed by atoms with E-state index >= 15 is 0 Å². The SMILES string of the molecule is CCNCCc1cn(CC#N)cn1. The van der Waals surface area contributed by atoms with Crippen molar-refractivity contribution in [2.45, 2.75) is 19.9 Å². The molecule has 1 heterocycles. The molecule has 1 N–H and O–H groups in total. The Morgan fingerprint density at radius 3 is 3.23 bits per heavy atom. The van der Waals surface area contributed by atoms with Gasteiger partial charge in [-0.3, -0.25) is 0 Å². The molecule has 0 unspecified atom stereocenters. The molecule has 0 atom stereocenters. The fourth-order valence-corrected chi connectivity index (χ4v) is 1.10. The van der Waals surface area contributed by atoms with E-state index in [4.69, 9.17) is 5.26 Å². The Balaban J connectivity index is 2.36. The number of rotatable bonds is 5. The number of imidazole rings is 1. The molecule has 0 bridgehead atoms. The third-order valence-corrected chi connectivity index (χ3v) is 1.75. The first-order valence-electron chi connectivity index (χ1n) is 4.45. The van der Waals surface area contributed by atoms with Gasteiger partial charge in [0.1, 0.15) is 6.54 Å². The van der Waals surface area contributed by atoms with Crippen LogP contribution in [0, 0.1) is 11.3 Å². The maximum absolute atomic E-state index is 8.43. The van der Waals surface area contributed by atoms with Crippen LogP contribution in [0.15, 0.2) is 12.5 Å². The summed E-state index contributed by atoms with van der Waals surface area (Å²) in [5, 5.41) is 11.7. The van der Waals surface area contributed by atoms with Crippen LogP contribution in [0.4, 0.5) is 0 Å². The molecule has 0 aliphatic carbocycles. The number of nitrogens with one attached hydrogen (secondary N) is 1. The van der Waals surface area contributed by atoms with E-state index in [1.165, 1.54) is 0 Å². The summed E-state index contributed by atoms with van der Waals surface area (Å²) in [6.07, 6.45) is 4.54. The first-order chi connectivity index (χ1) is 6.36. The smallest absolute Gasteiger partial charge is 0.111 e. The summed E-state index contributed by atoms with van der Waals surface area (Å²) in [6.45, 7) is 4.39. The Morgan fingerprint density at radius 2 is 2.54 bits per heavy atom. The van der Waals surface area contributed by atoms with Gasteiger partial charge in [-0.25, -0.2) is 4.98 Å². The minimum absolute atomic E-state index is 0.383. The molecule has 70 valence electrons. The van der Waals surface area contributed by atoms with E-state index < -0.39 is 0 Å². The quantitative estimate of drug-likeness (QED) is 0.670. The summed E-state index contributed by atoms with van der Waals surface area (Å²) in [4.78, 5) is 4.18. The van der Waals surface area contributed by atoms with Gasteiger partial charge in [-0.15, -0.1) is 0 Å². The van der Waals surface area contributed by atoms with Crippen LogP contribution in [0.3, 0.4) is 0 Å². The normalized spacial score (nSPS) is 9.85. The summed E-state index contributed by atoms with van der Waals surface area (Å²) in [5.74, 6) is 0. The van der Waals surface area contributed by atoms with Crippen molar-refractivity contribution in [3.63, 3.8) is 0 Å². The molecule has 0 aromatic carbocycles.